The van der Waals surface area contributed by atoms with Crippen LogP contribution in [-0.2, 0) is 0 Å². The first-order valence-corrected chi connectivity index (χ1v) is 6.40. The van der Waals surface area contributed by atoms with Crippen LogP contribution in [0, 0.1) is 17.8 Å². The van der Waals surface area contributed by atoms with Gasteiger partial charge in [0.15, 0.2) is 0 Å². The van der Waals surface area contributed by atoms with Crippen molar-refractivity contribution in [2.75, 3.05) is 0 Å². The summed E-state index contributed by atoms with van der Waals surface area (Å²) in [5.41, 5.74) is 4.36. The Hall–Kier alpha value is -0.340. The molecule has 0 aromatic carbocycles. The quantitative estimate of drug-likeness (QED) is 0.414. The normalized spacial score (nSPS) is 35.7. The molecular formula is C13H24N2. The van der Waals surface area contributed by atoms with Gasteiger partial charge in [-0.3, -0.25) is 11.3 Å². The average Bonchev–Trinajstić information content (AvgIpc) is 3.00. The second-order valence-corrected chi connectivity index (χ2v) is 5.27. The van der Waals surface area contributed by atoms with Crippen molar-refractivity contribution < 1.29 is 0 Å². The molecule has 0 aromatic heterocycles. The third-order valence-electron chi connectivity index (χ3n) is 4.41. The van der Waals surface area contributed by atoms with E-state index in [1.807, 2.05) is 0 Å². The zero-order valence-corrected chi connectivity index (χ0v) is 9.84. The van der Waals surface area contributed by atoms with Gasteiger partial charge in [-0.05, 0) is 43.4 Å². The topological polar surface area (TPSA) is 38.0 Å². The molecular weight excluding hydrogens is 184 g/mol. The molecule has 2 fully saturated rings. The van der Waals surface area contributed by atoms with Gasteiger partial charge in [-0.1, -0.05) is 31.9 Å². The van der Waals surface area contributed by atoms with Crippen LogP contribution in [0.2, 0.25) is 0 Å². The van der Waals surface area contributed by atoms with Crippen LogP contribution in [0.1, 0.15) is 45.4 Å². The van der Waals surface area contributed by atoms with Gasteiger partial charge in [-0.15, -0.1) is 0 Å². The van der Waals surface area contributed by atoms with E-state index in [1.165, 1.54) is 31.3 Å². The predicted molar refractivity (Wildman–Crippen MR) is 64.1 cm³/mol. The van der Waals surface area contributed by atoms with E-state index in [4.69, 9.17) is 5.84 Å². The first-order valence-electron chi connectivity index (χ1n) is 6.40. The molecule has 2 aliphatic carbocycles. The summed E-state index contributed by atoms with van der Waals surface area (Å²) < 4.78 is 0. The van der Waals surface area contributed by atoms with E-state index in [9.17, 15) is 0 Å². The number of hydrogen-bond acceptors (Lipinski definition) is 2. The molecule has 15 heavy (non-hydrogen) atoms. The largest absolute Gasteiger partial charge is 0.271 e. The molecule has 2 nitrogen and oxygen atoms in total. The molecule has 0 aromatic rings. The van der Waals surface area contributed by atoms with Gasteiger partial charge in [0, 0.05) is 6.04 Å². The maximum absolute atomic E-state index is 5.68. The van der Waals surface area contributed by atoms with E-state index in [0.717, 1.165) is 30.6 Å². The van der Waals surface area contributed by atoms with Crippen LogP contribution >= 0.6 is 0 Å². The number of nitrogens with one attached hydrogen (secondary N) is 1. The summed E-state index contributed by atoms with van der Waals surface area (Å²) in [4.78, 5) is 0. The molecule has 2 heteroatoms. The second kappa shape index (κ2) is 4.67. The van der Waals surface area contributed by atoms with Crippen molar-refractivity contribution in [3.05, 3.63) is 12.2 Å². The van der Waals surface area contributed by atoms with E-state index in [1.54, 1.807) is 0 Å². The van der Waals surface area contributed by atoms with Crippen molar-refractivity contribution in [3.63, 3.8) is 0 Å². The lowest BCUT2D eigenvalue weighted by molar-refractivity contribution is 0.433. The summed E-state index contributed by atoms with van der Waals surface area (Å²) in [5, 5.41) is 0. The third-order valence-corrected chi connectivity index (χ3v) is 4.41. The van der Waals surface area contributed by atoms with Crippen LogP contribution < -0.4 is 11.3 Å². The molecule has 0 heterocycles. The Labute approximate surface area is 93.3 Å². The van der Waals surface area contributed by atoms with Crippen molar-refractivity contribution in [3.8, 4) is 0 Å². The molecule has 0 aliphatic heterocycles. The van der Waals surface area contributed by atoms with Crippen molar-refractivity contribution in [1.82, 2.24) is 5.43 Å². The molecule has 0 saturated heterocycles. The lowest BCUT2D eigenvalue weighted by atomic mass is 10.00. The first-order chi connectivity index (χ1) is 7.27. The summed E-state index contributed by atoms with van der Waals surface area (Å²) in [6.07, 6.45) is 7.90. The molecule has 3 N–H and O–H groups in total. The minimum absolute atomic E-state index is 0.491. The van der Waals surface area contributed by atoms with E-state index in [-0.39, 0.29) is 0 Å². The Morgan fingerprint density at radius 1 is 1.40 bits per heavy atom. The lowest BCUT2D eigenvalue weighted by Crippen LogP contribution is -2.38. The van der Waals surface area contributed by atoms with Crippen molar-refractivity contribution >= 4 is 0 Å². The third kappa shape index (κ3) is 2.26. The second-order valence-electron chi connectivity index (χ2n) is 5.27. The maximum atomic E-state index is 5.68. The molecule has 0 bridgehead atoms. The number of nitrogens with two attached hydrogens (primary N) is 1. The van der Waals surface area contributed by atoms with Gasteiger partial charge in [-0.2, -0.15) is 0 Å². The van der Waals surface area contributed by atoms with Crippen molar-refractivity contribution in [1.29, 1.82) is 0 Å². The van der Waals surface area contributed by atoms with Crippen LogP contribution in [-0.4, -0.2) is 6.04 Å². The maximum Gasteiger partial charge on any atom is 0.0281 e. The Bertz CT molecular complexity index is 225. The number of hydrogen-bond donors (Lipinski definition) is 2. The fourth-order valence-electron chi connectivity index (χ4n) is 3.41. The molecule has 3 unspecified atom stereocenters. The first kappa shape index (κ1) is 11.2. The summed E-state index contributed by atoms with van der Waals surface area (Å²) >= 11 is 0. The highest BCUT2D eigenvalue weighted by atomic mass is 15.2. The number of hydrazine groups is 1. The molecule has 2 aliphatic rings. The van der Waals surface area contributed by atoms with Gasteiger partial charge >= 0.3 is 0 Å². The number of fused-ring (bicyclic) bond motifs is 1. The van der Waals surface area contributed by atoms with Crippen molar-refractivity contribution in [2.45, 2.75) is 51.5 Å². The Morgan fingerprint density at radius 2 is 2.00 bits per heavy atom. The molecule has 86 valence electrons. The van der Waals surface area contributed by atoms with Crippen molar-refractivity contribution in [2.24, 2.45) is 23.6 Å². The van der Waals surface area contributed by atoms with E-state index >= 15 is 0 Å². The van der Waals surface area contributed by atoms with Crippen LogP contribution in [0.4, 0.5) is 0 Å². The average molecular weight is 208 g/mol. The number of rotatable bonds is 5. The van der Waals surface area contributed by atoms with E-state index < -0.39 is 0 Å². The zero-order chi connectivity index (χ0) is 10.8. The Morgan fingerprint density at radius 3 is 2.47 bits per heavy atom. The molecule has 2 rings (SSSR count). The minimum atomic E-state index is 0.491. The highest BCUT2D eigenvalue weighted by molar-refractivity contribution is 5.08. The molecule has 3 atom stereocenters. The Balaban J connectivity index is 1.88. The molecule has 0 amide bonds. The highest BCUT2D eigenvalue weighted by Gasteiger charge is 2.53. The summed E-state index contributed by atoms with van der Waals surface area (Å²) in [7, 11) is 0. The van der Waals surface area contributed by atoms with Crippen LogP contribution in [0.25, 0.3) is 0 Å². The van der Waals surface area contributed by atoms with Gasteiger partial charge in [0.2, 0.25) is 0 Å². The fraction of sp³-hybridized carbons (Fsp3) is 0.846. The monoisotopic (exact) mass is 208 g/mol. The standard InChI is InChI=1S/C13H24N2/c1-3-9(2)8-12(15-14)13-10-6-4-5-7-11(10)13/h10-13,15H,2-8,14H2,1H3. The summed E-state index contributed by atoms with van der Waals surface area (Å²) in [5.74, 6) is 8.48. The summed E-state index contributed by atoms with van der Waals surface area (Å²) in [6.45, 7) is 6.27. The smallest absolute Gasteiger partial charge is 0.0281 e. The van der Waals surface area contributed by atoms with E-state index in [0.29, 0.717) is 6.04 Å². The predicted octanol–water partition coefficient (Wildman–Crippen LogP) is 2.61. The molecule has 0 radical (unpaired) electrons. The molecule has 2 saturated carbocycles. The lowest BCUT2D eigenvalue weighted by Gasteiger charge is -2.17. The Kier molecular flexibility index (Phi) is 3.47. The van der Waals surface area contributed by atoms with Gasteiger partial charge in [0.05, 0.1) is 0 Å². The fourth-order valence-corrected chi connectivity index (χ4v) is 3.41. The van der Waals surface area contributed by atoms with Crippen LogP contribution in [0.3, 0.4) is 0 Å². The van der Waals surface area contributed by atoms with Gasteiger partial charge in [-0.25, -0.2) is 0 Å². The van der Waals surface area contributed by atoms with Gasteiger partial charge < -0.3 is 0 Å². The van der Waals surface area contributed by atoms with Crippen LogP contribution in [0.5, 0.6) is 0 Å². The van der Waals surface area contributed by atoms with Crippen LogP contribution in [0.15, 0.2) is 12.2 Å². The highest BCUT2D eigenvalue weighted by Crippen LogP contribution is 2.57. The molecule has 0 spiro atoms. The minimum Gasteiger partial charge on any atom is -0.271 e. The zero-order valence-electron chi connectivity index (χ0n) is 9.84. The SMILES string of the molecule is C=C(CC)CC(NN)C1C2CCCCC21. The van der Waals surface area contributed by atoms with Gasteiger partial charge in [0.25, 0.3) is 0 Å². The van der Waals surface area contributed by atoms with Gasteiger partial charge in [0.1, 0.15) is 0 Å². The van der Waals surface area contributed by atoms with E-state index in [2.05, 4.69) is 18.9 Å². The summed E-state index contributed by atoms with van der Waals surface area (Å²) in [6, 6.07) is 0.491.